The molecule has 5 heteroatoms. The van der Waals surface area contributed by atoms with Crippen LogP contribution in [0, 0.1) is 0 Å². The molecule has 0 radical (unpaired) electrons. The van der Waals surface area contributed by atoms with E-state index in [0.717, 1.165) is 12.0 Å². The van der Waals surface area contributed by atoms with E-state index >= 15 is 0 Å². The second-order valence-electron chi connectivity index (χ2n) is 4.35. The average Bonchev–Trinajstić information content (AvgIpc) is 2.63. The summed E-state index contributed by atoms with van der Waals surface area (Å²) in [5.74, 6) is -1.44. The second kappa shape index (κ2) is 4.23. The highest BCUT2D eigenvalue weighted by Crippen LogP contribution is 2.47. The maximum atomic E-state index is 12.5. The third-order valence-electron chi connectivity index (χ3n) is 3.35. The molecule has 0 aliphatic carbocycles. The molecule has 0 bridgehead atoms. The van der Waals surface area contributed by atoms with Crippen LogP contribution in [-0.2, 0) is 20.1 Å². The molecule has 1 spiro atoms. The van der Waals surface area contributed by atoms with E-state index in [9.17, 15) is 4.79 Å². The summed E-state index contributed by atoms with van der Waals surface area (Å²) in [7, 11) is 0. The molecule has 96 valence electrons. The normalized spacial score (nSPS) is 21.4. The van der Waals surface area contributed by atoms with Gasteiger partial charge in [-0.15, -0.1) is 0 Å². The van der Waals surface area contributed by atoms with Gasteiger partial charge < -0.3 is 14.4 Å². The summed E-state index contributed by atoms with van der Waals surface area (Å²) in [4.78, 5) is 14.2. The maximum Gasteiger partial charge on any atom is 0.292 e. The SMILES string of the molecule is CCN1C(=O)C2(OCCCO2)c2cccc(Cl)c21. The number of rotatable bonds is 1. The van der Waals surface area contributed by atoms with Crippen molar-refractivity contribution in [2.24, 2.45) is 0 Å². The first kappa shape index (κ1) is 12.0. The summed E-state index contributed by atoms with van der Waals surface area (Å²) < 4.78 is 11.4. The number of carbonyl (C=O) groups excluding carboxylic acids is 1. The first-order valence-corrected chi connectivity index (χ1v) is 6.47. The molecule has 3 rings (SSSR count). The van der Waals surface area contributed by atoms with E-state index < -0.39 is 5.79 Å². The summed E-state index contributed by atoms with van der Waals surface area (Å²) in [6, 6.07) is 5.44. The number of nitrogens with zero attached hydrogens (tertiary/aromatic N) is 1. The van der Waals surface area contributed by atoms with Gasteiger partial charge in [0.1, 0.15) is 0 Å². The predicted molar refractivity (Wildman–Crippen MR) is 67.7 cm³/mol. The molecule has 0 unspecified atom stereocenters. The van der Waals surface area contributed by atoms with Gasteiger partial charge in [-0.1, -0.05) is 23.7 Å². The number of hydrogen-bond acceptors (Lipinski definition) is 3. The standard InChI is InChI=1S/C13H14ClNO3/c1-2-15-11-9(5-3-6-10(11)14)13(12(15)16)17-7-4-8-18-13/h3,5-6H,2,4,7-8H2,1H3. The minimum atomic E-state index is -1.27. The molecule has 4 nitrogen and oxygen atoms in total. The lowest BCUT2D eigenvalue weighted by molar-refractivity contribution is -0.256. The lowest BCUT2D eigenvalue weighted by Gasteiger charge is -2.32. The third kappa shape index (κ3) is 1.43. The van der Waals surface area contributed by atoms with Crippen LogP contribution < -0.4 is 4.90 Å². The molecule has 18 heavy (non-hydrogen) atoms. The quantitative estimate of drug-likeness (QED) is 0.784. The topological polar surface area (TPSA) is 38.8 Å². The summed E-state index contributed by atoms with van der Waals surface area (Å²) in [5.41, 5.74) is 1.44. The Labute approximate surface area is 110 Å². The first-order valence-electron chi connectivity index (χ1n) is 6.09. The van der Waals surface area contributed by atoms with Gasteiger partial charge in [-0.2, -0.15) is 0 Å². The highest BCUT2D eigenvalue weighted by atomic mass is 35.5. The van der Waals surface area contributed by atoms with Gasteiger partial charge in [0, 0.05) is 12.1 Å². The van der Waals surface area contributed by atoms with Gasteiger partial charge in [-0.3, -0.25) is 4.79 Å². The molecule has 2 aliphatic rings. The van der Waals surface area contributed by atoms with Crippen molar-refractivity contribution in [2.75, 3.05) is 24.7 Å². The molecule has 1 aromatic carbocycles. The molecule has 1 amide bonds. The zero-order chi connectivity index (χ0) is 12.8. The van der Waals surface area contributed by atoms with E-state index in [1.54, 1.807) is 11.0 Å². The van der Waals surface area contributed by atoms with Crippen LogP contribution in [0.1, 0.15) is 18.9 Å². The van der Waals surface area contributed by atoms with Crippen molar-refractivity contribution < 1.29 is 14.3 Å². The molecule has 0 aromatic heterocycles. The van der Waals surface area contributed by atoms with Crippen LogP contribution in [0.2, 0.25) is 5.02 Å². The van der Waals surface area contributed by atoms with Gasteiger partial charge in [0.05, 0.1) is 23.9 Å². The van der Waals surface area contributed by atoms with E-state index in [1.807, 2.05) is 19.1 Å². The summed E-state index contributed by atoms with van der Waals surface area (Å²) in [6.45, 7) is 3.50. The van der Waals surface area contributed by atoms with Crippen LogP contribution >= 0.6 is 11.6 Å². The number of fused-ring (bicyclic) bond motifs is 2. The first-order chi connectivity index (χ1) is 8.70. The largest absolute Gasteiger partial charge is 0.338 e. The van der Waals surface area contributed by atoms with E-state index in [0.29, 0.717) is 30.5 Å². The van der Waals surface area contributed by atoms with Gasteiger partial charge in [-0.05, 0) is 19.4 Å². The Morgan fingerprint density at radius 3 is 2.78 bits per heavy atom. The molecule has 0 atom stereocenters. The van der Waals surface area contributed by atoms with E-state index in [1.165, 1.54) is 0 Å². The van der Waals surface area contributed by atoms with Gasteiger partial charge in [0.2, 0.25) is 0 Å². The molecule has 1 fully saturated rings. The highest BCUT2D eigenvalue weighted by Gasteiger charge is 2.55. The Kier molecular flexibility index (Phi) is 2.81. The lowest BCUT2D eigenvalue weighted by Crippen LogP contribution is -2.47. The molecular weight excluding hydrogens is 254 g/mol. The average molecular weight is 268 g/mol. The van der Waals surface area contributed by atoms with Crippen molar-refractivity contribution in [3.8, 4) is 0 Å². The zero-order valence-electron chi connectivity index (χ0n) is 10.1. The Morgan fingerprint density at radius 1 is 1.39 bits per heavy atom. The van der Waals surface area contributed by atoms with Gasteiger partial charge in [-0.25, -0.2) is 0 Å². The number of hydrogen-bond donors (Lipinski definition) is 0. The number of likely N-dealkylation sites (N-methyl/N-ethyl adjacent to an activating group) is 1. The number of carbonyl (C=O) groups is 1. The molecule has 0 saturated carbocycles. The highest BCUT2D eigenvalue weighted by molar-refractivity contribution is 6.35. The van der Waals surface area contributed by atoms with Crippen molar-refractivity contribution in [3.05, 3.63) is 28.8 Å². The van der Waals surface area contributed by atoms with Crippen molar-refractivity contribution in [3.63, 3.8) is 0 Å². The van der Waals surface area contributed by atoms with Gasteiger partial charge in [0.25, 0.3) is 11.7 Å². The smallest absolute Gasteiger partial charge is 0.292 e. The summed E-state index contributed by atoms with van der Waals surface area (Å²) in [5, 5.41) is 0.553. The van der Waals surface area contributed by atoms with E-state index in [-0.39, 0.29) is 5.91 Å². The number of halogens is 1. The third-order valence-corrected chi connectivity index (χ3v) is 3.66. The van der Waals surface area contributed by atoms with Crippen molar-refractivity contribution >= 4 is 23.2 Å². The minimum Gasteiger partial charge on any atom is -0.338 e. The molecule has 2 aliphatic heterocycles. The zero-order valence-corrected chi connectivity index (χ0v) is 10.9. The molecule has 1 saturated heterocycles. The van der Waals surface area contributed by atoms with Gasteiger partial charge >= 0.3 is 0 Å². The fourth-order valence-corrected chi connectivity index (χ4v) is 2.84. The number of anilines is 1. The second-order valence-corrected chi connectivity index (χ2v) is 4.76. The van der Waals surface area contributed by atoms with Crippen LogP contribution in [0.15, 0.2) is 18.2 Å². The van der Waals surface area contributed by atoms with Gasteiger partial charge in [0.15, 0.2) is 0 Å². The Hall–Kier alpha value is -1.10. The van der Waals surface area contributed by atoms with Crippen molar-refractivity contribution in [2.45, 2.75) is 19.1 Å². The monoisotopic (exact) mass is 267 g/mol. The minimum absolute atomic E-state index is 0.173. The number of para-hydroxylation sites is 1. The number of ether oxygens (including phenoxy) is 2. The Bertz CT molecular complexity index is 497. The summed E-state index contributed by atoms with van der Waals surface area (Å²) in [6.07, 6.45) is 0.803. The summed E-state index contributed by atoms with van der Waals surface area (Å²) >= 11 is 6.21. The Morgan fingerprint density at radius 2 is 2.11 bits per heavy atom. The molecule has 2 heterocycles. The van der Waals surface area contributed by atoms with Crippen molar-refractivity contribution in [1.82, 2.24) is 0 Å². The van der Waals surface area contributed by atoms with Crippen LogP contribution in [0.25, 0.3) is 0 Å². The van der Waals surface area contributed by atoms with Crippen molar-refractivity contribution in [1.29, 1.82) is 0 Å². The lowest BCUT2D eigenvalue weighted by atomic mass is 10.1. The Balaban J connectivity index is 2.19. The number of benzene rings is 1. The van der Waals surface area contributed by atoms with Crippen LogP contribution in [0.5, 0.6) is 0 Å². The molecular formula is C13H14ClNO3. The predicted octanol–water partition coefficient (Wildman–Crippen LogP) is 2.30. The van der Waals surface area contributed by atoms with Crippen LogP contribution in [-0.4, -0.2) is 25.7 Å². The number of amides is 1. The molecule has 0 N–H and O–H groups in total. The molecule has 1 aromatic rings. The fourth-order valence-electron chi connectivity index (χ4n) is 2.56. The fraction of sp³-hybridized carbons (Fsp3) is 0.462. The van der Waals surface area contributed by atoms with Crippen LogP contribution in [0.3, 0.4) is 0 Å². The van der Waals surface area contributed by atoms with E-state index in [4.69, 9.17) is 21.1 Å². The van der Waals surface area contributed by atoms with Crippen LogP contribution in [0.4, 0.5) is 5.69 Å². The maximum absolute atomic E-state index is 12.5. The van der Waals surface area contributed by atoms with E-state index in [2.05, 4.69) is 0 Å².